The molecule has 0 saturated heterocycles. The molecule has 0 aliphatic rings. The molecule has 2 heterocycles. The minimum Gasteiger partial charge on any atom is -0.372 e. The second-order valence-corrected chi connectivity index (χ2v) is 7.12. The van der Waals surface area contributed by atoms with Gasteiger partial charge < -0.3 is 15.4 Å². The number of pyridine rings is 1. The third kappa shape index (κ3) is 6.51. The van der Waals surface area contributed by atoms with Gasteiger partial charge in [0.15, 0.2) is 17.4 Å². The number of hydrogen-bond donors (Lipinski definition) is 2. The van der Waals surface area contributed by atoms with Crippen LogP contribution in [0.2, 0.25) is 0 Å². The van der Waals surface area contributed by atoms with E-state index in [0.29, 0.717) is 32.3 Å². The Labute approximate surface area is 205 Å². The molecule has 0 unspecified atom stereocenters. The molecule has 0 fully saturated rings. The van der Waals surface area contributed by atoms with Gasteiger partial charge in [0.05, 0.1) is 19.8 Å². The van der Waals surface area contributed by atoms with E-state index in [4.69, 9.17) is 4.74 Å². The molecule has 2 aromatic carbocycles. The molecule has 0 aliphatic heterocycles. The van der Waals surface area contributed by atoms with Gasteiger partial charge in [-0.1, -0.05) is 60.7 Å². The molecule has 0 aliphatic carbocycles. The molecule has 0 radical (unpaired) electrons. The maximum Gasteiger partial charge on any atom is 0.191 e. The Morgan fingerprint density at radius 3 is 2.22 bits per heavy atom. The molecule has 0 spiro atoms. The number of guanidine groups is 1. The number of nitrogens with zero attached hydrogens (tertiary/aromatic N) is 4. The number of halogens is 1. The lowest BCUT2D eigenvalue weighted by molar-refractivity contribution is 0.107. The van der Waals surface area contributed by atoms with E-state index >= 15 is 0 Å². The minimum absolute atomic E-state index is 0. The fourth-order valence-electron chi connectivity index (χ4n) is 3.19. The molecule has 7 nitrogen and oxygen atoms in total. The van der Waals surface area contributed by atoms with Crippen LogP contribution in [0.4, 0.5) is 0 Å². The molecule has 32 heavy (non-hydrogen) atoms. The molecule has 0 atom stereocenters. The van der Waals surface area contributed by atoms with Crippen LogP contribution in [0.15, 0.2) is 84.0 Å². The van der Waals surface area contributed by atoms with Crippen LogP contribution in [0.3, 0.4) is 0 Å². The molecule has 0 saturated carbocycles. The highest BCUT2D eigenvalue weighted by atomic mass is 127. The first-order chi connectivity index (χ1) is 15.3. The summed E-state index contributed by atoms with van der Waals surface area (Å²) in [6.07, 6.45) is 1.95. The van der Waals surface area contributed by atoms with Gasteiger partial charge in [0.1, 0.15) is 0 Å². The Balaban J connectivity index is 0.00000289. The summed E-state index contributed by atoms with van der Waals surface area (Å²) in [6.45, 7) is 2.42. The number of hydrogen-bond acceptors (Lipinski definition) is 4. The number of fused-ring (bicyclic) bond motifs is 1. The molecule has 0 amide bonds. The van der Waals surface area contributed by atoms with Crippen LogP contribution >= 0.6 is 24.0 Å². The highest BCUT2D eigenvalue weighted by Crippen LogP contribution is 2.08. The Kier molecular flexibility index (Phi) is 9.00. The SMILES string of the molecule is CN=C(NCc1ccc(COCc2ccccc2)cc1)NCc1nnc2ccccn12.I. The van der Waals surface area contributed by atoms with E-state index in [0.717, 1.165) is 17.0 Å². The molecule has 4 rings (SSSR count). The number of aromatic nitrogens is 3. The second-order valence-electron chi connectivity index (χ2n) is 7.12. The number of nitrogens with one attached hydrogen (secondary N) is 2. The van der Waals surface area contributed by atoms with Gasteiger partial charge in [-0.3, -0.25) is 9.39 Å². The van der Waals surface area contributed by atoms with Crippen molar-refractivity contribution in [1.29, 1.82) is 0 Å². The third-order valence-corrected chi connectivity index (χ3v) is 4.89. The molecular weight excluding hydrogens is 515 g/mol. The molecule has 8 heteroatoms. The summed E-state index contributed by atoms with van der Waals surface area (Å²) in [5, 5.41) is 15.0. The summed E-state index contributed by atoms with van der Waals surface area (Å²) in [5.74, 6) is 1.54. The average molecular weight is 542 g/mol. The molecule has 4 aromatic rings. The first-order valence-electron chi connectivity index (χ1n) is 10.2. The van der Waals surface area contributed by atoms with Gasteiger partial charge in [-0.15, -0.1) is 34.2 Å². The lowest BCUT2D eigenvalue weighted by atomic mass is 10.1. The highest BCUT2D eigenvalue weighted by molar-refractivity contribution is 14.0. The predicted octanol–water partition coefficient (Wildman–Crippen LogP) is 3.93. The van der Waals surface area contributed by atoms with Crippen molar-refractivity contribution in [1.82, 2.24) is 25.2 Å². The average Bonchev–Trinajstić information content (AvgIpc) is 3.24. The van der Waals surface area contributed by atoms with Crippen molar-refractivity contribution in [3.05, 3.63) is 102 Å². The molecule has 2 N–H and O–H groups in total. The summed E-state index contributed by atoms with van der Waals surface area (Å²) in [7, 11) is 1.75. The van der Waals surface area contributed by atoms with Crippen LogP contribution in [0.1, 0.15) is 22.5 Å². The zero-order valence-electron chi connectivity index (χ0n) is 17.9. The quantitative estimate of drug-likeness (QED) is 0.201. The van der Waals surface area contributed by atoms with Crippen molar-refractivity contribution >= 4 is 35.6 Å². The third-order valence-electron chi connectivity index (χ3n) is 4.89. The van der Waals surface area contributed by atoms with Crippen LogP contribution in [0, 0.1) is 0 Å². The van der Waals surface area contributed by atoms with Gasteiger partial charge in [0, 0.05) is 19.8 Å². The molecule has 166 valence electrons. The summed E-state index contributed by atoms with van der Waals surface area (Å²) in [4.78, 5) is 4.29. The van der Waals surface area contributed by atoms with Crippen molar-refractivity contribution in [2.45, 2.75) is 26.3 Å². The van der Waals surface area contributed by atoms with E-state index in [9.17, 15) is 0 Å². The summed E-state index contributed by atoms with van der Waals surface area (Å²) < 4.78 is 7.76. The van der Waals surface area contributed by atoms with Crippen LogP contribution in [0.5, 0.6) is 0 Å². The topological polar surface area (TPSA) is 75.8 Å². The van der Waals surface area contributed by atoms with Gasteiger partial charge in [0.2, 0.25) is 0 Å². The maximum atomic E-state index is 5.80. The van der Waals surface area contributed by atoms with E-state index in [1.54, 1.807) is 7.05 Å². The largest absolute Gasteiger partial charge is 0.372 e. The second kappa shape index (κ2) is 12.2. The standard InChI is InChI=1S/C24H26N6O.HI/c1-25-24(27-16-23-29-28-22-9-5-6-14-30(22)23)26-15-19-10-12-21(13-11-19)18-31-17-20-7-3-2-4-8-20;/h2-14H,15-18H2,1H3,(H2,25,26,27);1H. The van der Waals surface area contributed by atoms with Crippen molar-refractivity contribution in [2.75, 3.05) is 7.05 Å². The normalized spacial score (nSPS) is 11.2. The number of aliphatic imine (C=N–C) groups is 1. The number of benzene rings is 2. The first kappa shape index (κ1) is 23.7. The highest BCUT2D eigenvalue weighted by Gasteiger charge is 2.06. The molecule has 2 aromatic heterocycles. The Morgan fingerprint density at radius 1 is 0.812 bits per heavy atom. The van der Waals surface area contributed by atoms with Crippen LogP contribution in [-0.4, -0.2) is 27.6 Å². The Bertz CT molecular complexity index is 1130. The zero-order chi connectivity index (χ0) is 21.3. The smallest absolute Gasteiger partial charge is 0.191 e. The lowest BCUT2D eigenvalue weighted by Gasteiger charge is -2.12. The Hall–Kier alpha value is -2.98. The maximum absolute atomic E-state index is 5.80. The van der Waals surface area contributed by atoms with E-state index in [2.05, 4.69) is 62.2 Å². The van der Waals surface area contributed by atoms with E-state index in [1.165, 1.54) is 11.1 Å². The number of ether oxygens (including phenoxy) is 1. The minimum atomic E-state index is 0. The van der Waals surface area contributed by atoms with E-state index < -0.39 is 0 Å². The fraction of sp³-hybridized carbons (Fsp3) is 0.208. The summed E-state index contributed by atoms with van der Waals surface area (Å²) >= 11 is 0. The number of rotatable bonds is 8. The van der Waals surface area contributed by atoms with Crippen LogP contribution < -0.4 is 10.6 Å². The molecule has 0 bridgehead atoms. The predicted molar refractivity (Wildman–Crippen MR) is 137 cm³/mol. The summed E-state index contributed by atoms with van der Waals surface area (Å²) in [5.41, 5.74) is 4.33. The molecular formula is C24H27IN6O. The van der Waals surface area contributed by atoms with Crippen molar-refractivity contribution in [3.8, 4) is 0 Å². The van der Waals surface area contributed by atoms with Crippen molar-refractivity contribution in [3.63, 3.8) is 0 Å². The van der Waals surface area contributed by atoms with Crippen molar-refractivity contribution < 1.29 is 4.74 Å². The van der Waals surface area contributed by atoms with Gasteiger partial charge >= 0.3 is 0 Å². The lowest BCUT2D eigenvalue weighted by Crippen LogP contribution is -2.36. The van der Waals surface area contributed by atoms with Crippen LogP contribution in [0.25, 0.3) is 5.65 Å². The Morgan fingerprint density at radius 2 is 1.47 bits per heavy atom. The zero-order valence-corrected chi connectivity index (χ0v) is 20.3. The van der Waals surface area contributed by atoms with Gasteiger partial charge in [0.25, 0.3) is 0 Å². The van der Waals surface area contributed by atoms with Crippen molar-refractivity contribution in [2.24, 2.45) is 4.99 Å². The van der Waals surface area contributed by atoms with E-state index in [1.807, 2.05) is 47.0 Å². The van der Waals surface area contributed by atoms with Gasteiger partial charge in [-0.25, -0.2) is 0 Å². The summed E-state index contributed by atoms with van der Waals surface area (Å²) in [6, 6.07) is 24.4. The first-order valence-corrected chi connectivity index (χ1v) is 10.2. The van der Waals surface area contributed by atoms with Gasteiger partial charge in [-0.05, 0) is 28.8 Å². The fourth-order valence-corrected chi connectivity index (χ4v) is 3.19. The monoisotopic (exact) mass is 542 g/mol. The van der Waals surface area contributed by atoms with E-state index in [-0.39, 0.29) is 24.0 Å². The van der Waals surface area contributed by atoms with Crippen LogP contribution in [-0.2, 0) is 31.0 Å². The van der Waals surface area contributed by atoms with Gasteiger partial charge in [-0.2, -0.15) is 0 Å².